The predicted octanol–water partition coefficient (Wildman–Crippen LogP) is 2.77. The molecule has 0 aliphatic heterocycles. The Morgan fingerprint density at radius 2 is 1.70 bits per heavy atom. The van der Waals surface area contributed by atoms with Crippen LogP contribution in [-0.2, 0) is 4.79 Å². The lowest BCUT2D eigenvalue weighted by atomic mass is 9.91. The Kier molecular flexibility index (Phi) is 6.84. The second-order valence-corrected chi connectivity index (χ2v) is 8.56. The summed E-state index contributed by atoms with van der Waals surface area (Å²) in [6.45, 7) is 7.39. The van der Waals surface area contributed by atoms with Gasteiger partial charge in [-0.25, -0.2) is 0 Å². The minimum absolute atomic E-state index is 0.0125. The van der Waals surface area contributed by atoms with Gasteiger partial charge in [0.2, 0.25) is 5.91 Å². The molecule has 1 heterocycles. The molecule has 0 spiro atoms. The molecule has 1 aromatic rings. The molecule has 1 aromatic heterocycles. The first-order valence-corrected chi connectivity index (χ1v) is 10.9. The van der Waals surface area contributed by atoms with Gasteiger partial charge < -0.3 is 27.1 Å². The van der Waals surface area contributed by atoms with Gasteiger partial charge in [0.25, 0.3) is 5.56 Å². The summed E-state index contributed by atoms with van der Waals surface area (Å²) in [6, 6.07) is 0.586. The van der Waals surface area contributed by atoms with E-state index in [9.17, 15) is 9.59 Å². The largest absolute Gasteiger partial charge is 0.398 e. The van der Waals surface area contributed by atoms with Crippen molar-refractivity contribution in [3.63, 3.8) is 0 Å². The third-order valence-corrected chi connectivity index (χ3v) is 6.35. The molecule has 0 unspecified atom stereocenters. The molecular weight excluding hydrogens is 380 g/mol. The highest BCUT2D eigenvalue weighted by Gasteiger charge is 2.26. The Labute approximate surface area is 177 Å². The number of anilines is 2. The van der Waals surface area contributed by atoms with Crippen molar-refractivity contribution < 1.29 is 4.79 Å². The average molecular weight is 415 g/mol. The van der Waals surface area contributed by atoms with Crippen LogP contribution < -0.4 is 27.2 Å². The lowest BCUT2D eigenvalue weighted by molar-refractivity contribution is -0.119. The van der Waals surface area contributed by atoms with Gasteiger partial charge in [-0.15, -0.1) is 0 Å². The van der Waals surface area contributed by atoms with E-state index in [4.69, 9.17) is 11.1 Å². The quantitative estimate of drug-likeness (QED) is 0.439. The van der Waals surface area contributed by atoms with Crippen molar-refractivity contribution in [2.75, 3.05) is 11.1 Å². The molecule has 0 aromatic carbocycles. The van der Waals surface area contributed by atoms with E-state index < -0.39 is 0 Å². The van der Waals surface area contributed by atoms with Crippen LogP contribution in [0.25, 0.3) is 0 Å². The Balaban J connectivity index is 1.77. The van der Waals surface area contributed by atoms with Crippen molar-refractivity contribution in [3.05, 3.63) is 33.9 Å². The van der Waals surface area contributed by atoms with Crippen LogP contribution in [0.3, 0.4) is 0 Å². The van der Waals surface area contributed by atoms with Crippen LogP contribution >= 0.6 is 0 Å². The van der Waals surface area contributed by atoms with Gasteiger partial charge in [-0.3, -0.25) is 14.2 Å². The highest BCUT2D eigenvalue weighted by molar-refractivity contribution is 5.92. The molecular formula is C22H34N6O2. The van der Waals surface area contributed by atoms with Crippen LogP contribution in [0.15, 0.2) is 17.2 Å². The van der Waals surface area contributed by atoms with Gasteiger partial charge in [0.05, 0.1) is 17.1 Å². The number of nitrogens with one attached hydrogen (secondary N) is 4. The maximum Gasteiger partial charge on any atom is 0.257 e. The van der Waals surface area contributed by atoms with Crippen molar-refractivity contribution >= 4 is 23.6 Å². The fourth-order valence-electron chi connectivity index (χ4n) is 4.74. The van der Waals surface area contributed by atoms with Crippen molar-refractivity contribution in [1.82, 2.24) is 15.2 Å². The SMILES string of the molecule is C=C(Nc1c(C=N)c(N)c(C)c(=O)n1C1CCCC1)NC1CCC(NC(C)=O)CC1. The Hall–Kier alpha value is -2.77. The van der Waals surface area contributed by atoms with Crippen LogP contribution in [0.2, 0.25) is 0 Å². The summed E-state index contributed by atoms with van der Waals surface area (Å²) in [5.74, 6) is 1.16. The fraction of sp³-hybridized carbons (Fsp3) is 0.591. The first-order valence-electron chi connectivity index (χ1n) is 10.9. The van der Waals surface area contributed by atoms with Crippen molar-refractivity contribution in [1.29, 1.82) is 5.41 Å². The summed E-state index contributed by atoms with van der Waals surface area (Å²) in [4.78, 5) is 24.3. The second-order valence-electron chi connectivity index (χ2n) is 8.56. The molecule has 0 radical (unpaired) electrons. The monoisotopic (exact) mass is 414 g/mol. The molecule has 2 fully saturated rings. The van der Waals surface area contributed by atoms with E-state index in [0.717, 1.165) is 51.4 Å². The normalized spacial score (nSPS) is 21.8. The van der Waals surface area contributed by atoms with Gasteiger partial charge in [-0.2, -0.15) is 0 Å². The molecule has 0 bridgehead atoms. The molecule has 0 saturated heterocycles. The number of pyridine rings is 1. The van der Waals surface area contributed by atoms with Gasteiger partial charge in [0, 0.05) is 36.8 Å². The van der Waals surface area contributed by atoms with Crippen molar-refractivity contribution in [3.8, 4) is 0 Å². The molecule has 6 N–H and O–H groups in total. The molecule has 8 nitrogen and oxygen atoms in total. The average Bonchev–Trinajstić information content (AvgIpc) is 3.22. The van der Waals surface area contributed by atoms with E-state index in [1.165, 1.54) is 6.21 Å². The number of carbonyl (C=O) groups excluding carboxylic acids is 1. The zero-order valence-electron chi connectivity index (χ0n) is 18.0. The number of hydrogen-bond acceptors (Lipinski definition) is 6. The lowest BCUT2D eigenvalue weighted by Crippen LogP contribution is -2.42. The third kappa shape index (κ3) is 4.68. The van der Waals surface area contributed by atoms with E-state index in [-0.39, 0.29) is 29.6 Å². The van der Waals surface area contributed by atoms with Crippen molar-refractivity contribution in [2.24, 2.45) is 0 Å². The zero-order valence-corrected chi connectivity index (χ0v) is 18.0. The van der Waals surface area contributed by atoms with Crippen molar-refractivity contribution in [2.45, 2.75) is 83.3 Å². The second kappa shape index (κ2) is 9.36. The number of nitrogens with two attached hydrogens (primary N) is 1. The number of aromatic nitrogens is 1. The molecule has 2 aliphatic carbocycles. The maximum atomic E-state index is 13.0. The van der Waals surface area contributed by atoms with E-state index in [0.29, 0.717) is 28.5 Å². The predicted molar refractivity (Wildman–Crippen MR) is 121 cm³/mol. The molecule has 8 heteroatoms. The van der Waals surface area contributed by atoms with E-state index in [1.54, 1.807) is 18.4 Å². The minimum atomic E-state index is -0.101. The van der Waals surface area contributed by atoms with Gasteiger partial charge in [-0.05, 0) is 45.4 Å². The maximum absolute atomic E-state index is 13.0. The Morgan fingerprint density at radius 1 is 1.13 bits per heavy atom. The number of rotatable bonds is 7. The first-order chi connectivity index (χ1) is 14.3. The highest BCUT2D eigenvalue weighted by atomic mass is 16.1. The van der Waals surface area contributed by atoms with E-state index in [2.05, 4.69) is 22.5 Å². The molecule has 2 aliphatic rings. The minimum Gasteiger partial charge on any atom is -0.398 e. The summed E-state index contributed by atoms with van der Waals surface area (Å²) < 4.78 is 1.78. The van der Waals surface area contributed by atoms with Crippen LogP contribution in [0.4, 0.5) is 11.5 Å². The standard InChI is InChI=1S/C22H34N6O2/c1-13-20(24)19(12-23)21(28(22(13)30)18-6-4-5-7-18)26-14(2)25-16-8-10-17(11-9-16)27-15(3)29/h12,16-18,23,25-26H,2,4-11,24H2,1,3H3,(H,27,29). The lowest BCUT2D eigenvalue weighted by Gasteiger charge is -2.31. The van der Waals surface area contributed by atoms with Crippen LogP contribution in [0.1, 0.15) is 75.5 Å². The smallest absolute Gasteiger partial charge is 0.257 e. The molecule has 164 valence electrons. The number of nitrogens with zero attached hydrogens (tertiary/aromatic N) is 1. The van der Waals surface area contributed by atoms with Crippen LogP contribution in [0, 0.1) is 12.3 Å². The van der Waals surface area contributed by atoms with Crippen LogP contribution in [-0.4, -0.2) is 28.8 Å². The number of amides is 1. The Bertz CT molecular complexity index is 877. The third-order valence-electron chi connectivity index (χ3n) is 6.35. The summed E-state index contributed by atoms with van der Waals surface area (Å²) in [6.07, 6.45) is 8.98. The molecule has 2 saturated carbocycles. The van der Waals surface area contributed by atoms with Gasteiger partial charge in [0.1, 0.15) is 5.82 Å². The summed E-state index contributed by atoms with van der Waals surface area (Å²) in [7, 11) is 0. The topological polar surface area (TPSA) is 125 Å². The molecule has 3 rings (SSSR count). The van der Waals surface area contributed by atoms with Gasteiger partial charge in [0.15, 0.2) is 0 Å². The number of carbonyl (C=O) groups is 1. The molecule has 1 amide bonds. The summed E-state index contributed by atoms with van der Waals surface area (Å²) >= 11 is 0. The zero-order chi connectivity index (χ0) is 21.8. The van der Waals surface area contributed by atoms with Gasteiger partial charge >= 0.3 is 0 Å². The van der Waals surface area contributed by atoms with E-state index >= 15 is 0 Å². The highest BCUT2D eigenvalue weighted by Crippen LogP contribution is 2.34. The number of nitrogen functional groups attached to an aromatic ring is 1. The summed E-state index contributed by atoms with van der Waals surface area (Å²) in [5, 5.41) is 17.6. The Morgan fingerprint density at radius 3 is 2.23 bits per heavy atom. The van der Waals surface area contributed by atoms with Crippen LogP contribution in [0.5, 0.6) is 0 Å². The molecule has 0 atom stereocenters. The number of hydrogen-bond donors (Lipinski definition) is 5. The molecule has 30 heavy (non-hydrogen) atoms. The first kappa shape index (κ1) is 21.9. The summed E-state index contributed by atoms with van der Waals surface area (Å²) in [5.41, 5.74) is 7.44. The van der Waals surface area contributed by atoms with E-state index in [1.807, 2.05) is 0 Å². The fourth-order valence-corrected chi connectivity index (χ4v) is 4.74. The van der Waals surface area contributed by atoms with Gasteiger partial charge in [-0.1, -0.05) is 19.4 Å².